The van der Waals surface area contributed by atoms with Gasteiger partial charge in [0.15, 0.2) is 0 Å². The fourth-order valence-corrected chi connectivity index (χ4v) is 3.78. The van der Waals surface area contributed by atoms with E-state index in [1.807, 2.05) is 24.4 Å². The molecule has 1 atom stereocenters. The zero-order valence-corrected chi connectivity index (χ0v) is 18.4. The summed E-state index contributed by atoms with van der Waals surface area (Å²) in [6.45, 7) is 2.05. The number of aromatic amines is 2. The van der Waals surface area contributed by atoms with Gasteiger partial charge >= 0.3 is 0 Å². The summed E-state index contributed by atoms with van der Waals surface area (Å²) in [6, 6.07) is 12.0. The maximum absolute atomic E-state index is 12.5. The van der Waals surface area contributed by atoms with Crippen molar-refractivity contribution in [1.29, 1.82) is 0 Å². The zero-order valence-electron chi connectivity index (χ0n) is 18.4. The minimum Gasteiger partial charge on any atom is -0.497 e. The van der Waals surface area contributed by atoms with E-state index in [-0.39, 0.29) is 23.8 Å². The number of hydrogen-bond acceptors (Lipinski definition) is 5. The Labute approximate surface area is 189 Å². The van der Waals surface area contributed by atoms with E-state index < -0.39 is 6.04 Å². The number of ether oxygens (including phenoxy) is 1. The Hall–Kier alpha value is -4.14. The predicted molar refractivity (Wildman–Crippen MR) is 125 cm³/mol. The number of nitrogens with zero attached hydrogens (tertiary/aromatic N) is 1. The van der Waals surface area contributed by atoms with Crippen LogP contribution in [0.1, 0.15) is 18.2 Å². The first-order chi connectivity index (χ1) is 16.0. The fourth-order valence-electron chi connectivity index (χ4n) is 3.78. The molecule has 2 aromatic heterocycles. The average Bonchev–Trinajstić information content (AvgIpc) is 3.23. The molecule has 0 saturated carbocycles. The molecule has 2 heterocycles. The molecule has 0 spiro atoms. The second kappa shape index (κ2) is 9.56. The molecule has 0 radical (unpaired) electrons. The van der Waals surface area contributed by atoms with Gasteiger partial charge in [0.2, 0.25) is 11.8 Å². The van der Waals surface area contributed by atoms with Crippen molar-refractivity contribution in [3.8, 4) is 5.75 Å². The van der Waals surface area contributed by atoms with Gasteiger partial charge in [-0.25, -0.2) is 5.10 Å². The maximum Gasteiger partial charge on any atom is 0.272 e. The van der Waals surface area contributed by atoms with Crippen LogP contribution < -0.4 is 20.9 Å². The van der Waals surface area contributed by atoms with Crippen molar-refractivity contribution in [1.82, 2.24) is 25.8 Å². The van der Waals surface area contributed by atoms with Crippen molar-refractivity contribution >= 4 is 33.5 Å². The van der Waals surface area contributed by atoms with Crippen molar-refractivity contribution in [2.45, 2.75) is 25.8 Å². The van der Waals surface area contributed by atoms with Crippen LogP contribution in [0.2, 0.25) is 0 Å². The molecular weight excluding hydrogens is 422 g/mol. The van der Waals surface area contributed by atoms with Gasteiger partial charge < -0.3 is 20.4 Å². The van der Waals surface area contributed by atoms with Crippen LogP contribution in [0.15, 0.2) is 53.5 Å². The zero-order chi connectivity index (χ0) is 23.4. The third kappa shape index (κ3) is 4.87. The molecule has 2 amide bonds. The molecule has 0 saturated heterocycles. The number of amides is 2. The van der Waals surface area contributed by atoms with E-state index in [9.17, 15) is 14.4 Å². The van der Waals surface area contributed by atoms with Crippen LogP contribution in [0.4, 0.5) is 0 Å². The van der Waals surface area contributed by atoms with Crippen LogP contribution in [0.25, 0.3) is 21.7 Å². The highest BCUT2D eigenvalue weighted by Gasteiger charge is 2.17. The maximum atomic E-state index is 12.5. The van der Waals surface area contributed by atoms with Crippen LogP contribution in [0.5, 0.6) is 5.75 Å². The Bertz CT molecular complexity index is 1370. The van der Waals surface area contributed by atoms with E-state index in [1.54, 1.807) is 38.3 Å². The van der Waals surface area contributed by atoms with Crippen molar-refractivity contribution in [3.63, 3.8) is 0 Å². The standard InChI is InChI=1S/C24H25N5O4/c1-14(27-22(30)12-21-17-5-3-4-6-18(17)24(32)29-28-21)23(31)25-10-9-15-13-26-20-8-7-16(33-2)11-19(15)20/h3-8,11,13-14,26H,9-10,12H2,1-2H3,(H,25,31)(H,27,30)(H,29,32)/t14-/m1/s1. The van der Waals surface area contributed by atoms with Gasteiger partial charge in [-0.2, -0.15) is 5.10 Å². The minimum atomic E-state index is -0.713. The average molecular weight is 447 g/mol. The Morgan fingerprint density at radius 1 is 1.12 bits per heavy atom. The topological polar surface area (TPSA) is 129 Å². The van der Waals surface area contributed by atoms with Gasteiger partial charge in [-0.15, -0.1) is 0 Å². The Morgan fingerprint density at radius 3 is 2.70 bits per heavy atom. The normalized spacial score (nSPS) is 11.9. The Morgan fingerprint density at radius 2 is 1.91 bits per heavy atom. The van der Waals surface area contributed by atoms with E-state index >= 15 is 0 Å². The summed E-state index contributed by atoms with van der Waals surface area (Å²) in [6.07, 6.45) is 2.50. The molecule has 4 N–H and O–H groups in total. The number of methoxy groups -OCH3 is 1. The van der Waals surface area contributed by atoms with Gasteiger partial charge in [-0.05, 0) is 43.2 Å². The van der Waals surface area contributed by atoms with Gasteiger partial charge in [0.25, 0.3) is 5.56 Å². The SMILES string of the molecule is COc1ccc2[nH]cc(CCNC(=O)[C@@H](C)NC(=O)Cc3n[nH]c(=O)c4ccccc34)c2c1. The molecule has 2 aromatic carbocycles. The van der Waals surface area contributed by atoms with E-state index in [1.165, 1.54) is 0 Å². The quantitative estimate of drug-likeness (QED) is 0.327. The molecule has 170 valence electrons. The summed E-state index contributed by atoms with van der Waals surface area (Å²) in [4.78, 5) is 40.1. The van der Waals surface area contributed by atoms with E-state index in [0.717, 1.165) is 22.2 Å². The molecular formula is C24H25N5O4. The van der Waals surface area contributed by atoms with Crippen LogP contribution in [0, 0.1) is 0 Å². The lowest BCUT2D eigenvalue weighted by molar-refractivity contribution is -0.128. The highest BCUT2D eigenvalue weighted by molar-refractivity contribution is 5.91. The van der Waals surface area contributed by atoms with Gasteiger partial charge in [0.05, 0.1) is 24.6 Å². The molecule has 0 aliphatic rings. The number of carbonyl (C=O) groups excluding carboxylic acids is 2. The van der Waals surface area contributed by atoms with Gasteiger partial charge in [-0.3, -0.25) is 14.4 Å². The first-order valence-electron chi connectivity index (χ1n) is 10.6. The summed E-state index contributed by atoms with van der Waals surface area (Å²) < 4.78 is 5.28. The van der Waals surface area contributed by atoms with Crippen LogP contribution in [0.3, 0.4) is 0 Å². The summed E-state index contributed by atoms with van der Waals surface area (Å²) in [7, 11) is 1.62. The molecule has 4 rings (SSSR count). The van der Waals surface area contributed by atoms with E-state index in [4.69, 9.17) is 4.74 Å². The predicted octanol–water partition coefficient (Wildman–Crippen LogP) is 1.82. The van der Waals surface area contributed by atoms with Crippen molar-refractivity contribution in [3.05, 3.63) is 70.3 Å². The molecule has 33 heavy (non-hydrogen) atoms. The lowest BCUT2D eigenvalue weighted by Crippen LogP contribution is -2.45. The Balaban J connectivity index is 1.31. The fraction of sp³-hybridized carbons (Fsp3) is 0.250. The highest BCUT2D eigenvalue weighted by atomic mass is 16.5. The lowest BCUT2D eigenvalue weighted by atomic mass is 10.1. The van der Waals surface area contributed by atoms with Crippen LogP contribution in [-0.2, 0) is 22.4 Å². The first-order valence-corrected chi connectivity index (χ1v) is 10.6. The molecule has 0 aliphatic carbocycles. The first kappa shape index (κ1) is 22.1. The number of fused-ring (bicyclic) bond motifs is 2. The number of hydrogen-bond donors (Lipinski definition) is 4. The monoisotopic (exact) mass is 447 g/mol. The van der Waals surface area contributed by atoms with Crippen molar-refractivity contribution in [2.24, 2.45) is 0 Å². The molecule has 0 unspecified atom stereocenters. The van der Waals surface area contributed by atoms with E-state index in [2.05, 4.69) is 25.8 Å². The summed E-state index contributed by atoms with van der Waals surface area (Å²) in [5.41, 5.74) is 2.21. The molecule has 0 bridgehead atoms. The second-order valence-corrected chi connectivity index (χ2v) is 7.78. The smallest absolute Gasteiger partial charge is 0.272 e. The number of rotatable bonds is 8. The van der Waals surface area contributed by atoms with Crippen LogP contribution in [-0.4, -0.2) is 46.7 Å². The minimum absolute atomic E-state index is 0.0495. The second-order valence-electron chi connectivity index (χ2n) is 7.78. The number of H-pyrrole nitrogens is 2. The number of nitrogens with one attached hydrogen (secondary N) is 4. The Kier molecular flexibility index (Phi) is 6.39. The molecule has 4 aromatic rings. The number of carbonyl (C=O) groups is 2. The number of benzene rings is 2. The largest absolute Gasteiger partial charge is 0.497 e. The summed E-state index contributed by atoms with van der Waals surface area (Å²) >= 11 is 0. The molecule has 9 heteroatoms. The highest BCUT2D eigenvalue weighted by Crippen LogP contribution is 2.23. The van der Waals surface area contributed by atoms with Gasteiger partial charge in [-0.1, -0.05) is 18.2 Å². The van der Waals surface area contributed by atoms with Gasteiger partial charge in [0.1, 0.15) is 11.8 Å². The summed E-state index contributed by atoms with van der Waals surface area (Å²) in [5.74, 6) is 0.139. The third-order valence-electron chi connectivity index (χ3n) is 5.54. The summed E-state index contributed by atoms with van der Waals surface area (Å²) in [5, 5.41) is 14.1. The molecule has 0 fully saturated rings. The van der Waals surface area contributed by atoms with E-state index in [0.29, 0.717) is 29.4 Å². The molecule has 9 nitrogen and oxygen atoms in total. The van der Waals surface area contributed by atoms with Gasteiger partial charge in [0, 0.05) is 29.0 Å². The third-order valence-corrected chi connectivity index (χ3v) is 5.54. The lowest BCUT2D eigenvalue weighted by Gasteiger charge is -2.14. The van der Waals surface area contributed by atoms with Crippen molar-refractivity contribution < 1.29 is 14.3 Å². The molecule has 0 aliphatic heterocycles. The van der Waals surface area contributed by atoms with Crippen molar-refractivity contribution in [2.75, 3.05) is 13.7 Å². The van der Waals surface area contributed by atoms with Crippen LogP contribution >= 0.6 is 0 Å². The number of aromatic nitrogens is 3.